The number of anilines is 1. The van der Waals surface area contributed by atoms with Gasteiger partial charge in [-0.05, 0) is 12.5 Å². The molecule has 1 heterocycles. The molecule has 0 saturated heterocycles. The van der Waals surface area contributed by atoms with Crippen LogP contribution in [0.5, 0.6) is 0 Å². The maximum absolute atomic E-state index is 10.5. The topological polar surface area (TPSA) is 82.5 Å². The Morgan fingerprint density at radius 2 is 2.38 bits per heavy atom. The van der Waals surface area contributed by atoms with Crippen molar-refractivity contribution < 1.29 is 15.0 Å². The van der Waals surface area contributed by atoms with Gasteiger partial charge in [0, 0.05) is 5.56 Å². The zero-order valence-corrected chi connectivity index (χ0v) is 9.53. The predicted molar refractivity (Wildman–Crippen MR) is 60.8 cm³/mol. The predicted octanol–water partition coefficient (Wildman–Crippen LogP) is 2.66. The minimum Gasteiger partial charge on any atom is -0.465 e. The van der Waals surface area contributed by atoms with E-state index in [1.807, 2.05) is 6.92 Å². The molecule has 1 rings (SSSR count). The molecule has 0 aliphatic rings. The molecule has 0 saturated carbocycles. The van der Waals surface area contributed by atoms with Crippen LogP contribution >= 0.6 is 11.6 Å². The Bertz CT molecular complexity index is 384. The first-order chi connectivity index (χ1) is 7.54. The van der Waals surface area contributed by atoms with Crippen molar-refractivity contribution in [2.24, 2.45) is 0 Å². The maximum atomic E-state index is 10.5. The third kappa shape index (κ3) is 3.36. The smallest absolute Gasteiger partial charge is 0.409 e. The summed E-state index contributed by atoms with van der Waals surface area (Å²) in [5.41, 5.74) is 0.710. The van der Waals surface area contributed by atoms with Crippen molar-refractivity contribution in [3.05, 3.63) is 23.0 Å². The van der Waals surface area contributed by atoms with Gasteiger partial charge in [-0.3, -0.25) is 5.32 Å². The van der Waals surface area contributed by atoms with Crippen molar-refractivity contribution in [2.75, 3.05) is 5.32 Å². The van der Waals surface area contributed by atoms with Gasteiger partial charge in [0.15, 0.2) is 0 Å². The highest BCUT2D eigenvalue weighted by Gasteiger charge is 2.14. The van der Waals surface area contributed by atoms with E-state index in [2.05, 4.69) is 10.3 Å². The van der Waals surface area contributed by atoms with E-state index in [4.69, 9.17) is 16.7 Å². The molecule has 0 aliphatic carbocycles. The number of halogens is 1. The second kappa shape index (κ2) is 5.67. The molecular formula is C10H13ClN2O3. The summed E-state index contributed by atoms with van der Waals surface area (Å²) in [5, 5.41) is 20.8. The summed E-state index contributed by atoms with van der Waals surface area (Å²) >= 11 is 5.70. The standard InChI is InChI=1S/C10H13ClN2O3/c1-2-3-8(14)6-4-9(11)12-5-7(6)13-10(15)16/h4-5,8,13-14H,2-3H2,1H3,(H,15,16). The van der Waals surface area contributed by atoms with Gasteiger partial charge < -0.3 is 10.2 Å². The van der Waals surface area contributed by atoms with Gasteiger partial charge in [-0.2, -0.15) is 0 Å². The van der Waals surface area contributed by atoms with E-state index in [-0.39, 0.29) is 10.8 Å². The number of carbonyl (C=O) groups is 1. The molecule has 0 spiro atoms. The number of rotatable bonds is 4. The molecule has 6 heteroatoms. The lowest BCUT2D eigenvalue weighted by molar-refractivity contribution is 0.167. The summed E-state index contributed by atoms with van der Waals surface area (Å²) in [4.78, 5) is 14.3. The molecule has 0 aliphatic heterocycles. The van der Waals surface area contributed by atoms with Gasteiger partial charge in [0.05, 0.1) is 18.0 Å². The summed E-state index contributed by atoms with van der Waals surface area (Å²) in [7, 11) is 0. The average Bonchev–Trinajstić information content (AvgIpc) is 2.20. The van der Waals surface area contributed by atoms with Crippen LogP contribution in [0.3, 0.4) is 0 Å². The first kappa shape index (κ1) is 12.7. The van der Waals surface area contributed by atoms with Crippen LogP contribution in [0.1, 0.15) is 31.4 Å². The molecule has 88 valence electrons. The fraction of sp³-hybridized carbons (Fsp3) is 0.400. The fourth-order valence-corrected chi connectivity index (χ4v) is 1.53. The maximum Gasteiger partial charge on any atom is 0.409 e. The number of aliphatic hydroxyl groups is 1. The van der Waals surface area contributed by atoms with Gasteiger partial charge in [-0.1, -0.05) is 24.9 Å². The van der Waals surface area contributed by atoms with Crippen LogP contribution in [0.4, 0.5) is 10.5 Å². The molecule has 0 bridgehead atoms. The Hall–Kier alpha value is -1.33. The highest BCUT2D eigenvalue weighted by molar-refractivity contribution is 6.29. The Morgan fingerprint density at radius 3 is 2.94 bits per heavy atom. The number of nitrogens with one attached hydrogen (secondary N) is 1. The lowest BCUT2D eigenvalue weighted by Gasteiger charge is -2.14. The van der Waals surface area contributed by atoms with Crippen LogP contribution in [0, 0.1) is 0 Å². The first-order valence-corrected chi connectivity index (χ1v) is 5.25. The van der Waals surface area contributed by atoms with E-state index in [1.165, 1.54) is 12.3 Å². The van der Waals surface area contributed by atoms with Crippen LogP contribution in [-0.2, 0) is 0 Å². The van der Waals surface area contributed by atoms with E-state index in [1.54, 1.807) is 0 Å². The highest BCUT2D eigenvalue weighted by Crippen LogP contribution is 2.27. The van der Waals surface area contributed by atoms with E-state index in [9.17, 15) is 9.90 Å². The van der Waals surface area contributed by atoms with Gasteiger partial charge in [0.2, 0.25) is 0 Å². The minimum absolute atomic E-state index is 0.223. The molecule has 1 aromatic rings. The van der Waals surface area contributed by atoms with Crippen LogP contribution in [0.15, 0.2) is 12.3 Å². The molecule has 3 N–H and O–H groups in total. The molecule has 5 nitrogen and oxygen atoms in total. The fourth-order valence-electron chi connectivity index (χ4n) is 1.37. The largest absolute Gasteiger partial charge is 0.465 e. The number of nitrogens with zero attached hydrogens (tertiary/aromatic N) is 1. The Morgan fingerprint density at radius 1 is 1.69 bits per heavy atom. The molecule has 1 unspecified atom stereocenters. The van der Waals surface area contributed by atoms with Crippen molar-refractivity contribution >= 4 is 23.4 Å². The Labute approximate surface area is 98.1 Å². The van der Waals surface area contributed by atoms with Crippen molar-refractivity contribution in [1.29, 1.82) is 0 Å². The van der Waals surface area contributed by atoms with Crippen molar-refractivity contribution in [3.63, 3.8) is 0 Å². The molecule has 1 aromatic heterocycles. The molecule has 0 aromatic carbocycles. The highest BCUT2D eigenvalue weighted by atomic mass is 35.5. The number of pyridine rings is 1. The summed E-state index contributed by atoms with van der Waals surface area (Å²) < 4.78 is 0. The van der Waals surface area contributed by atoms with Gasteiger partial charge in [0.1, 0.15) is 5.15 Å². The third-order valence-electron chi connectivity index (χ3n) is 2.07. The van der Waals surface area contributed by atoms with Crippen LogP contribution in [0.2, 0.25) is 5.15 Å². The zero-order valence-electron chi connectivity index (χ0n) is 8.77. The molecule has 0 fully saturated rings. The summed E-state index contributed by atoms with van der Waals surface area (Å²) in [6.07, 6.45) is 0.675. The van der Waals surface area contributed by atoms with Gasteiger partial charge >= 0.3 is 6.09 Å². The monoisotopic (exact) mass is 244 g/mol. The van der Waals surface area contributed by atoms with E-state index >= 15 is 0 Å². The number of aliphatic hydroxyl groups excluding tert-OH is 1. The number of hydrogen-bond acceptors (Lipinski definition) is 3. The quantitative estimate of drug-likeness (QED) is 0.711. The Kier molecular flexibility index (Phi) is 4.52. The number of aromatic nitrogens is 1. The first-order valence-electron chi connectivity index (χ1n) is 4.88. The van der Waals surface area contributed by atoms with Crippen molar-refractivity contribution in [1.82, 2.24) is 4.98 Å². The number of amides is 1. The third-order valence-corrected chi connectivity index (χ3v) is 2.27. The lowest BCUT2D eigenvalue weighted by Crippen LogP contribution is -2.11. The Balaban J connectivity index is 3.02. The van der Waals surface area contributed by atoms with Gasteiger partial charge in [-0.25, -0.2) is 9.78 Å². The lowest BCUT2D eigenvalue weighted by atomic mass is 10.1. The number of carboxylic acid groups (broad SMARTS) is 1. The second-order valence-electron chi connectivity index (χ2n) is 3.33. The summed E-state index contributed by atoms with van der Waals surface area (Å²) in [6, 6.07) is 1.47. The number of hydrogen-bond donors (Lipinski definition) is 3. The van der Waals surface area contributed by atoms with Crippen LogP contribution in [-0.4, -0.2) is 21.3 Å². The molecule has 16 heavy (non-hydrogen) atoms. The summed E-state index contributed by atoms with van der Waals surface area (Å²) in [6.45, 7) is 1.93. The van der Waals surface area contributed by atoms with Gasteiger partial charge in [0.25, 0.3) is 0 Å². The van der Waals surface area contributed by atoms with Crippen LogP contribution in [0.25, 0.3) is 0 Å². The van der Waals surface area contributed by atoms with Crippen molar-refractivity contribution in [2.45, 2.75) is 25.9 Å². The summed E-state index contributed by atoms with van der Waals surface area (Å²) in [5.74, 6) is 0. The second-order valence-corrected chi connectivity index (χ2v) is 3.72. The zero-order chi connectivity index (χ0) is 12.1. The minimum atomic E-state index is -1.20. The van der Waals surface area contributed by atoms with E-state index in [0.717, 1.165) is 6.42 Å². The van der Waals surface area contributed by atoms with Crippen molar-refractivity contribution in [3.8, 4) is 0 Å². The van der Waals surface area contributed by atoms with Gasteiger partial charge in [-0.15, -0.1) is 0 Å². The molecular weight excluding hydrogens is 232 g/mol. The molecule has 1 amide bonds. The van der Waals surface area contributed by atoms with E-state index in [0.29, 0.717) is 12.0 Å². The van der Waals surface area contributed by atoms with E-state index < -0.39 is 12.2 Å². The normalized spacial score (nSPS) is 12.2. The SMILES string of the molecule is CCCC(O)c1cc(Cl)ncc1NC(=O)O. The molecule has 0 radical (unpaired) electrons. The average molecular weight is 245 g/mol. The van der Waals surface area contributed by atoms with Crippen LogP contribution < -0.4 is 5.32 Å². The molecule has 1 atom stereocenters.